The second-order valence-electron chi connectivity index (χ2n) is 7.73. The van der Waals surface area contributed by atoms with E-state index in [2.05, 4.69) is 29.5 Å². The number of fused-ring (bicyclic) bond motifs is 1. The Hall–Kier alpha value is -4.15. The number of guanidine groups is 1. The van der Waals surface area contributed by atoms with Gasteiger partial charge in [-0.2, -0.15) is 4.99 Å². The van der Waals surface area contributed by atoms with E-state index in [-0.39, 0.29) is 5.96 Å². The molecule has 11 heteroatoms. The Bertz CT molecular complexity index is 1180. The molecule has 3 heterocycles. The second kappa shape index (κ2) is 10.6. The molecular formula is C23H28N8O3. The first-order valence-corrected chi connectivity index (χ1v) is 10.9. The summed E-state index contributed by atoms with van der Waals surface area (Å²) in [6.07, 6.45) is 7.12. The molecule has 34 heavy (non-hydrogen) atoms. The van der Waals surface area contributed by atoms with Crippen LogP contribution in [0.2, 0.25) is 0 Å². The van der Waals surface area contributed by atoms with Gasteiger partial charge in [-0.3, -0.25) is 0 Å². The van der Waals surface area contributed by atoms with E-state index in [1.165, 1.54) is 19.2 Å². The largest absolute Gasteiger partial charge is 0.493 e. The molecule has 0 radical (unpaired) electrons. The number of methoxy groups -OCH3 is 2. The van der Waals surface area contributed by atoms with E-state index in [0.717, 1.165) is 30.0 Å². The third-order valence-corrected chi connectivity index (χ3v) is 5.27. The minimum atomic E-state index is -0.103. The molecular weight excluding hydrogens is 436 g/mol. The summed E-state index contributed by atoms with van der Waals surface area (Å²) in [4.78, 5) is 21.7. The average molecular weight is 465 g/mol. The predicted octanol–water partition coefficient (Wildman–Crippen LogP) is 2.15. The molecule has 0 saturated carbocycles. The van der Waals surface area contributed by atoms with Crippen LogP contribution in [0.4, 0.5) is 5.82 Å². The van der Waals surface area contributed by atoms with E-state index in [9.17, 15) is 0 Å². The number of aryl methyl sites for hydroxylation is 2. The molecule has 0 spiro atoms. The Morgan fingerprint density at radius 1 is 1.09 bits per heavy atom. The van der Waals surface area contributed by atoms with Crippen LogP contribution in [-0.2, 0) is 26.0 Å². The Labute approximate surface area is 197 Å². The molecule has 4 rings (SSSR count). The van der Waals surface area contributed by atoms with Crippen LogP contribution in [0.5, 0.6) is 17.4 Å². The topological polar surface area (TPSA) is 148 Å². The molecule has 1 aliphatic rings. The highest BCUT2D eigenvalue weighted by Crippen LogP contribution is 2.28. The van der Waals surface area contributed by atoms with Crippen molar-refractivity contribution in [1.82, 2.24) is 19.5 Å². The Balaban J connectivity index is 1.50. The number of nitrogens with two attached hydrogens (primary N) is 2. The average Bonchev–Trinajstić information content (AvgIpc) is 3.25. The fourth-order valence-corrected chi connectivity index (χ4v) is 3.72. The van der Waals surface area contributed by atoms with Crippen LogP contribution in [0, 0.1) is 0 Å². The lowest BCUT2D eigenvalue weighted by molar-refractivity contribution is 0.289. The number of aliphatic imine (C=N–C) groups is 2. The van der Waals surface area contributed by atoms with Crippen LogP contribution >= 0.6 is 0 Å². The molecule has 0 aliphatic carbocycles. The van der Waals surface area contributed by atoms with Crippen LogP contribution in [-0.4, -0.2) is 45.5 Å². The minimum absolute atomic E-state index is 0.103. The van der Waals surface area contributed by atoms with Gasteiger partial charge in [0, 0.05) is 31.6 Å². The maximum absolute atomic E-state index is 5.84. The molecule has 2 aromatic heterocycles. The lowest BCUT2D eigenvalue weighted by Gasteiger charge is -2.11. The molecule has 0 amide bonds. The van der Waals surface area contributed by atoms with Gasteiger partial charge >= 0.3 is 0 Å². The molecule has 3 aromatic rings. The summed E-state index contributed by atoms with van der Waals surface area (Å²) in [6.45, 7) is 1.31. The summed E-state index contributed by atoms with van der Waals surface area (Å²) in [5, 5.41) is 0. The fraction of sp³-hybridized carbons (Fsp3) is 0.348. The summed E-state index contributed by atoms with van der Waals surface area (Å²) in [5.74, 6) is 3.36. The molecule has 11 nitrogen and oxygen atoms in total. The first kappa shape index (κ1) is 23.0. The Morgan fingerprint density at radius 3 is 2.71 bits per heavy atom. The highest BCUT2D eigenvalue weighted by Gasteiger charge is 2.13. The quantitative estimate of drug-likeness (QED) is 0.380. The first-order chi connectivity index (χ1) is 16.5. The van der Waals surface area contributed by atoms with Gasteiger partial charge in [0.15, 0.2) is 23.3 Å². The van der Waals surface area contributed by atoms with Crippen LogP contribution in [0.3, 0.4) is 0 Å². The minimum Gasteiger partial charge on any atom is -0.493 e. The van der Waals surface area contributed by atoms with Gasteiger partial charge in [-0.1, -0.05) is 6.07 Å². The first-order valence-electron chi connectivity index (χ1n) is 10.9. The van der Waals surface area contributed by atoms with Crippen molar-refractivity contribution in [3.8, 4) is 17.4 Å². The van der Waals surface area contributed by atoms with Crippen molar-refractivity contribution >= 4 is 17.6 Å². The van der Waals surface area contributed by atoms with Gasteiger partial charge < -0.3 is 30.2 Å². The van der Waals surface area contributed by atoms with Crippen molar-refractivity contribution in [2.75, 3.05) is 14.2 Å². The standard InChI is InChI=1S/C23H28N8O3/c1-32-17-7-6-15(9-18(17)33-2)10-20(30-23(24)25)29-19-11-22(27-14-26-19)34-13-16-12-31-8-4-3-5-21(31)28-16/h6-7,9,11-12,14H,3-5,8,10,13H2,1-2H3,(H4,24,25,26,27,29,30). The normalized spacial score (nSPS) is 13.2. The highest BCUT2D eigenvalue weighted by atomic mass is 16.5. The van der Waals surface area contributed by atoms with Gasteiger partial charge in [-0.05, 0) is 30.5 Å². The summed E-state index contributed by atoms with van der Waals surface area (Å²) in [7, 11) is 3.16. The lowest BCUT2D eigenvalue weighted by atomic mass is 10.1. The van der Waals surface area contributed by atoms with Crippen molar-refractivity contribution < 1.29 is 14.2 Å². The van der Waals surface area contributed by atoms with Gasteiger partial charge in [0.2, 0.25) is 5.88 Å². The van der Waals surface area contributed by atoms with Crippen molar-refractivity contribution in [3.05, 3.63) is 53.9 Å². The number of hydrogen-bond acceptors (Lipinski definition) is 7. The van der Waals surface area contributed by atoms with Crippen LogP contribution in [0.25, 0.3) is 0 Å². The number of ether oxygens (including phenoxy) is 3. The maximum Gasteiger partial charge on any atom is 0.218 e. The molecule has 1 aromatic carbocycles. The number of benzene rings is 1. The van der Waals surface area contributed by atoms with E-state index >= 15 is 0 Å². The van der Waals surface area contributed by atoms with Gasteiger partial charge in [0.05, 0.1) is 19.9 Å². The van der Waals surface area contributed by atoms with E-state index in [0.29, 0.717) is 42.1 Å². The fourth-order valence-electron chi connectivity index (χ4n) is 3.72. The molecule has 0 unspecified atom stereocenters. The smallest absolute Gasteiger partial charge is 0.218 e. The summed E-state index contributed by atoms with van der Waals surface area (Å²) in [5.41, 5.74) is 13.0. The number of aromatic nitrogens is 4. The van der Waals surface area contributed by atoms with Crippen molar-refractivity contribution in [1.29, 1.82) is 0 Å². The molecule has 0 saturated heterocycles. The summed E-state index contributed by atoms with van der Waals surface area (Å²) >= 11 is 0. The molecule has 178 valence electrons. The monoisotopic (exact) mass is 464 g/mol. The van der Waals surface area contributed by atoms with Gasteiger partial charge in [0.25, 0.3) is 0 Å². The van der Waals surface area contributed by atoms with Crippen molar-refractivity contribution in [2.24, 2.45) is 21.5 Å². The van der Waals surface area contributed by atoms with Gasteiger partial charge in [0.1, 0.15) is 24.6 Å². The molecule has 4 N–H and O–H groups in total. The Kier molecular flexibility index (Phi) is 7.21. The zero-order valence-electron chi connectivity index (χ0n) is 19.3. The van der Waals surface area contributed by atoms with E-state index in [1.54, 1.807) is 20.3 Å². The number of rotatable bonds is 8. The third-order valence-electron chi connectivity index (χ3n) is 5.27. The zero-order valence-corrected chi connectivity index (χ0v) is 19.3. The van der Waals surface area contributed by atoms with E-state index < -0.39 is 0 Å². The van der Waals surface area contributed by atoms with Gasteiger partial charge in [-0.15, -0.1) is 0 Å². The zero-order chi connectivity index (χ0) is 23.9. The lowest BCUT2D eigenvalue weighted by Crippen LogP contribution is -2.24. The number of imidazole rings is 1. The second-order valence-corrected chi connectivity index (χ2v) is 7.73. The maximum atomic E-state index is 5.84. The van der Waals surface area contributed by atoms with Crippen LogP contribution in [0.1, 0.15) is 29.9 Å². The number of nitrogens with zero attached hydrogens (tertiary/aromatic N) is 6. The van der Waals surface area contributed by atoms with Gasteiger partial charge in [-0.25, -0.2) is 19.9 Å². The van der Waals surface area contributed by atoms with E-state index in [4.69, 9.17) is 25.7 Å². The molecule has 0 bridgehead atoms. The van der Waals surface area contributed by atoms with E-state index in [1.807, 2.05) is 24.4 Å². The SMILES string of the molecule is COc1ccc(C/C(N=C(N)N)=N\c2cc(OCc3cn4c(n3)CCCC4)ncn2)cc1OC. The van der Waals surface area contributed by atoms with Crippen molar-refractivity contribution in [3.63, 3.8) is 0 Å². The summed E-state index contributed by atoms with van der Waals surface area (Å²) < 4.78 is 18.7. The third kappa shape index (κ3) is 5.80. The molecule has 1 aliphatic heterocycles. The predicted molar refractivity (Wildman–Crippen MR) is 128 cm³/mol. The van der Waals surface area contributed by atoms with Crippen LogP contribution in [0.15, 0.2) is 46.8 Å². The molecule has 0 atom stereocenters. The number of hydrogen-bond donors (Lipinski definition) is 2. The molecule has 0 fully saturated rings. The highest BCUT2D eigenvalue weighted by molar-refractivity contribution is 5.96. The number of amidine groups is 1. The Morgan fingerprint density at radius 2 is 1.94 bits per heavy atom. The van der Waals surface area contributed by atoms with Crippen molar-refractivity contribution in [2.45, 2.75) is 38.8 Å². The summed E-state index contributed by atoms with van der Waals surface area (Å²) in [6, 6.07) is 7.17. The van der Waals surface area contributed by atoms with Crippen LogP contribution < -0.4 is 25.7 Å².